The lowest BCUT2D eigenvalue weighted by atomic mass is 10.1. The molecule has 0 amide bonds. The summed E-state index contributed by atoms with van der Waals surface area (Å²) in [5.41, 5.74) is 2.01. The van der Waals surface area contributed by atoms with Gasteiger partial charge in [-0.05, 0) is 57.1 Å². The predicted molar refractivity (Wildman–Crippen MR) is 147 cm³/mol. The topological polar surface area (TPSA) is 152 Å². The van der Waals surface area contributed by atoms with E-state index in [-0.39, 0.29) is 11.8 Å². The molecular formula is C27H29F3N6O6. The maximum Gasteiger partial charge on any atom is 0.490 e. The second-order valence-corrected chi connectivity index (χ2v) is 9.23. The van der Waals surface area contributed by atoms with Gasteiger partial charge in [-0.1, -0.05) is 0 Å². The van der Waals surface area contributed by atoms with Gasteiger partial charge in [-0.2, -0.15) is 18.2 Å². The number of aromatic nitrogens is 4. The van der Waals surface area contributed by atoms with Crippen LogP contribution in [0.25, 0.3) is 21.8 Å². The summed E-state index contributed by atoms with van der Waals surface area (Å²) in [6.45, 7) is 5.64. The maximum absolute atomic E-state index is 10.6. The second kappa shape index (κ2) is 12.9. The van der Waals surface area contributed by atoms with Gasteiger partial charge in [-0.3, -0.25) is 10.2 Å². The minimum atomic E-state index is -5.08. The number of anilines is 2. The number of ether oxygens (including phenoxy) is 3. The van der Waals surface area contributed by atoms with Crippen molar-refractivity contribution in [3.05, 3.63) is 36.0 Å². The summed E-state index contributed by atoms with van der Waals surface area (Å²) in [5.74, 6) is -0.551. The van der Waals surface area contributed by atoms with E-state index in [2.05, 4.69) is 30.2 Å². The molecule has 1 aliphatic rings. The molecule has 0 aliphatic carbocycles. The zero-order chi connectivity index (χ0) is 30.4. The number of benzene rings is 2. The number of hydrogen-bond acceptors (Lipinski definition) is 11. The molecule has 0 spiro atoms. The van der Waals surface area contributed by atoms with Crippen molar-refractivity contribution in [1.82, 2.24) is 24.8 Å². The molecule has 5 rings (SSSR count). The van der Waals surface area contributed by atoms with Gasteiger partial charge in [0.1, 0.15) is 12.4 Å². The highest BCUT2D eigenvalue weighted by atomic mass is 19.4. The Hall–Kier alpha value is -4.66. The molecule has 0 radical (unpaired) electrons. The van der Waals surface area contributed by atoms with Crippen molar-refractivity contribution >= 4 is 39.7 Å². The Morgan fingerprint density at radius 2 is 1.57 bits per heavy atom. The SMILES string of the molecule is COc1cc2nc(Nc3nc(O)c4cc(OCCN5CCCC5)ccc4n3)nc(C)c2cc1OC.O=C(O)C(F)(F)F. The van der Waals surface area contributed by atoms with Crippen LogP contribution in [0.15, 0.2) is 30.3 Å². The van der Waals surface area contributed by atoms with Crippen LogP contribution >= 0.6 is 0 Å². The van der Waals surface area contributed by atoms with E-state index in [0.29, 0.717) is 46.2 Å². The van der Waals surface area contributed by atoms with Crippen LogP contribution in [0.5, 0.6) is 23.1 Å². The minimum absolute atomic E-state index is 0.147. The van der Waals surface area contributed by atoms with Crippen LogP contribution in [0.4, 0.5) is 25.1 Å². The van der Waals surface area contributed by atoms with Crippen molar-refractivity contribution in [3.8, 4) is 23.1 Å². The van der Waals surface area contributed by atoms with Crippen LogP contribution in [0, 0.1) is 6.92 Å². The molecule has 3 N–H and O–H groups in total. The number of aryl methyl sites for hydroxylation is 1. The summed E-state index contributed by atoms with van der Waals surface area (Å²) in [4.78, 5) is 29.1. The number of carboxylic acids is 1. The number of likely N-dealkylation sites (tertiary alicyclic amines) is 1. The Morgan fingerprint density at radius 1 is 0.952 bits per heavy atom. The standard InChI is InChI=1S/C25H28N6O4.C2HF3O2/c1-15-17-13-21(33-2)22(34-3)14-20(17)28-24(26-15)30-25-27-19-7-6-16(12-18(19)23(32)29-25)35-11-10-31-8-4-5-9-31;3-2(4,5)1(6)7/h6-7,12-14H,4-5,8-11H2,1-3H3,(H2,26,27,28,29,30,32);(H,6,7). The van der Waals surface area contributed by atoms with E-state index in [4.69, 9.17) is 24.1 Å². The van der Waals surface area contributed by atoms with Gasteiger partial charge in [0.2, 0.25) is 17.8 Å². The number of nitrogens with one attached hydrogen (secondary N) is 1. The number of nitrogens with zero attached hydrogens (tertiary/aromatic N) is 5. The second-order valence-electron chi connectivity index (χ2n) is 9.23. The summed E-state index contributed by atoms with van der Waals surface area (Å²) in [5, 5.41) is 22.1. The molecule has 0 saturated carbocycles. The zero-order valence-corrected chi connectivity index (χ0v) is 23.0. The number of carbonyl (C=O) groups is 1. The zero-order valence-electron chi connectivity index (χ0n) is 23.0. The van der Waals surface area contributed by atoms with Gasteiger partial charge in [0.15, 0.2) is 11.5 Å². The molecular weight excluding hydrogens is 561 g/mol. The third-order valence-electron chi connectivity index (χ3n) is 6.38. The summed E-state index contributed by atoms with van der Waals surface area (Å²) in [7, 11) is 3.16. The van der Waals surface area contributed by atoms with Crippen molar-refractivity contribution in [2.24, 2.45) is 0 Å². The molecule has 1 fully saturated rings. The van der Waals surface area contributed by atoms with Gasteiger partial charge < -0.3 is 24.4 Å². The van der Waals surface area contributed by atoms with Gasteiger partial charge in [-0.25, -0.2) is 19.7 Å². The van der Waals surface area contributed by atoms with Crippen LogP contribution in [0.3, 0.4) is 0 Å². The van der Waals surface area contributed by atoms with Crippen molar-refractivity contribution < 1.29 is 42.4 Å². The first-order valence-electron chi connectivity index (χ1n) is 12.8. The Morgan fingerprint density at radius 3 is 2.21 bits per heavy atom. The Labute approximate surface area is 238 Å². The molecule has 0 atom stereocenters. The van der Waals surface area contributed by atoms with Crippen LogP contribution in [-0.2, 0) is 4.79 Å². The fourth-order valence-electron chi connectivity index (χ4n) is 4.30. The van der Waals surface area contributed by atoms with Crippen LogP contribution in [0.1, 0.15) is 18.5 Å². The molecule has 4 aromatic rings. The minimum Gasteiger partial charge on any atom is -0.493 e. The maximum atomic E-state index is 10.6. The Balaban J connectivity index is 0.000000517. The fourth-order valence-corrected chi connectivity index (χ4v) is 4.30. The molecule has 1 aliphatic heterocycles. The van der Waals surface area contributed by atoms with E-state index >= 15 is 0 Å². The van der Waals surface area contributed by atoms with Gasteiger partial charge in [-0.15, -0.1) is 0 Å². The Kier molecular flexibility index (Phi) is 9.30. The van der Waals surface area contributed by atoms with Crippen LogP contribution < -0.4 is 19.5 Å². The molecule has 1 saturated heterocycles. The van der Waals surface area contributed by atoms with Crippen LogP contribution in [0.2, 0.25) is 0 Å². The monoisotopic (exact) mass is 590 g/mol. The molecule has 224 valence electrons. The Bertz CT molecular complexity index is 1580. The summed E-state index contributed by atoms with van der Waals surface area (Å²) < 4.78 is 48.4. The normalized spacial score (nSPS) is 13.5. The van der Waals surface area contributed by atoms with E-state index in [1.165, 1.54) is 12.8 Å². The molecule has 12 nitrogen and oxygen atoms in total. The van der Waals surface area contributed by atoms with Gasteiger partial charge >= 0.3 is 12.1 Å². The number of carboxylic acid groups (broad SMARTS) is 1. The quantitative estimate of drug-likeness (QED) is 0.266. The molecule has 0 unspecified atom stereocenters. The van der Waals surface area contributed by atoms with Gasteiger partial charge in [0.25, 0.3) is 0 Å². The average molecular weight is 591 g/mol. The molecule has 2 aromatic carbocycles. The number of hydrogen-bond donors (Lipinski definition) is 3. The molecule has 15 heteroatoms. The van der Waals surface area contributed by atoms with Crippen molar-refractivity contribution in [1.29, 1.82) is 0 Å². The van der Waals surface area contributed by atoms with Crippen LogP contribution in [-0.4, -0.2) is 87.7 Å². The number of alkyl halides is 3. The van der Waals surface area contributed by atoms with E-state index in [0.717, 1.165) is 30.7 Å². The first-order valence-corrected chi connectivity index (χ1v) is 12.8. The highest BCUT2D eigenvalue weighted by Crippen LogP contribution is 2.33. The van der Waals surface area contributed by atoms with Crippen molar-refractivity contribution in [2.75, 3.05) is 45.8 Å². The summed E-state index contributed by atoms with van der Waals surface area (Å²) in [6.07, 6.45) is -2.57. The third-order valence-corrected chi connectivity index (χ3v) is 6.38. The third kappa shape index (κ3) is 7.34. The van der Waals surface area contributed by atoms with Gasteiger partial charge in [0.05, 0.1) is 36.3 Å². The van der Waals surface area contributed by atoms with E-state index in [1.54, 1.807) is 32.4 Å². The van der Waals surface area contributed by atoms with Crippen molar-refractivity contribution in [2.45, 2.75) is 25.9 Å². The number of aliphatic carboxylic acids is 1. The van der Waals surface area contributed by atoms with E-state index < -0.39 is 12.1 Å². The van der Waals surface area contributed by atoms with E-state index in [1.807, 2.05) is 19.1 Å². The average Bonchev–Trinajstić information content (AvgIpc) is 3.46. The lowest BCUT2D eigenvalue weighted by molar-refractivity contribution is -0.192. The van der Waals surface area contributed by atoms with Crippen molar-refractivity contribution in [3.63, 3.8) is 0 Å². The number of halogens is 3. The van der Waals surface area contributed by atoms with E-state index in [9.17, 15) is 18.3 Å². The first-order chi connectivity index (χ1) is 20.0. The molecule has 42 heavy (non-hydrogen) atoms. The molecule has 3 heterocycles. The number of aromatic hydroxyl groups is 1. The highest BCUT2D eigenvalue weighted by molar-refractivity contribution is 5.87. The predicted octanol–water partition coefficient (Wildman–Crippen LogP) is 4.46. The number of fused-ring (bicyclic) bond motifs is 2. The summed E-state index contributed by atoms with van der Waals surface area (Å²) >= 11 is 0. The molecule has 2 aromatic heterocycles. The smallest absolute Gasteiger partial charge is 0.490 e. The van der Waals surface area contributed by atoms with Gasteiger partial charge in [0, 0.05) is 18.0 Å². The fraction of sp³-hybridized carbons (Fsp3) is 0.370. The lowest BCUT2D eigenvalue weighted by Crippen LogP contribution is -2.25. The number of rotatable bonds is 8. The largest absolute Gasteiger partial charge is 0.493 e. The lowest BCUT2D eigenvalue weighted by Gasteiger charge is -2.15. The first kappa shape index (κ1) is 30.3. The molecule has 0 bridgehead atoms. The summed E-state index contributed by atoms with van der Waals surface area (Å²) in [6, 6.07) is 9.04. The highest BCUT2D eigenvalue weighted by Gasteiger charge is 2.38. The number of methoxy groups -OCH3 is 2.